The normalized spacial score (nSPS) is 13.0. The zero-order valence-corrected chi connectivity index (χ0v) is 16.4. The van der Waals surface area contributed by atoms with Crippen LogP contribution in [-0.2, 0) is 21.4 Å². The molecule has 5 nitrogen and oxygen atoms in total. The maximum absolute atomic E-state index is 13.1. The minimum absolute atomic E-state index is 0.00566. The second kappa shape index (κ2) is 8.12. The Kier molecular flexibility index (Phi) is 6.37. The van der Waals surface area contributed by atoms with Crippen molar-refractivity contribution < 1.29 is 18.3 Å². The Morgan fingerprint density at radius 1 is 1.12 bits per heavy atom. The predicted octanol–water partition coefficient (Wildman–Crippen LogP) is 3.81. The van der Waals surface area contributed by atoms with Gasteiger partial charge in [0, 0.05) is 11.0 Å². The molecule has 2 rings (SSSR count). The van der Waals surface area contributed by atoms with Gasteiger partial charge in [0.15, 0.2) is 0 Å². The molecule has 25 heavy (non-hydrogen) atoms. The Bertz CT molecular complexity index is 832. The number of carboxylic acids is 1. The van der Waals surface area contributed by atoms with Crippen LogP contribution >= 0.6 is 15.9 Å². The third kappa shape index (κ3) is 4.68. The van der Waals surface area contributed by atoms with Gasteiger partial charge in [-0.15, -0.1) is 0 Å². The van der Waals surface area contributed by atoms with Gasteiger partial charge in [0.05, 0.1) is 4.90 Å². The van der Waals surface area contributed by atoms with E-state index in [1.807, 2.05) is 6.92 Å². The summed E-state index contributed by atoms with van der Waals surface area (Å²) in [4.78, 5) is 11.7. The van der Waals surface area contributed by atoms with E-state index < -0.39 is 22.0 Å². The van der Waals surface area contributed by atoms with Gasteiger partial charge in [-0.1, -0.05) is 52.7 Å². The first-order valence-corrected chi connectivity index (χ1v) is 10.0. The number of hydrogen-bond donors (Lipinski definition) is 1. The van der Waals surface area contributed by atoms with Crippen molar-refractivity contribution in [1.82, 2.24) is 4.31 Å². The zero-order chi connectivity index (χ0) is 18.6. The summed E-state index contributed by atoms with van der Waals surface area (Å²) in [5, 5.41) is 9.51. The molecule has 0 aromatic heterocycles. The average molecular weight is 426 g/mol. The summed E-state index contributed by atoms with van der Waals surface area (Å²) in [6, 6.07) is 12.4. The van der Waals surface area contributed by atoms with Gasteiger partial charge in [-0.3, -0.25) is 4.79 Å². The SMILES string of the molecule is CCC(C(=O)O)N(Cc1ccc(Br)cc1)S(=O)(=O)c1ccc(C)cc1. The van der Waals surface area contributed by atoms with E-state index >= 15 is 0 Å². The fourth-order valence-corrected chi connectivity index (χ4v) is 4.39. The number of nitrogens with zero attached hydrogens (tertiary/aromatic N) is 1. The molecule has 0 radical (unpaired) electrons. The fourth-order valence-electron chi connectivity index (χ4n) is 2.48. The molecular weight excluding hydrogens is 406 g/mol. The predicted molar refractivity (Wildman–Crippen MR) is 99.8 cm³/mol. The molecule has 0 bridgehead atoms. The average Bonchev–Trinajstić information content (AvgIpc) is 2.56. The van der Waals surface area contributed by atoms with Crippen molar-refractivity contribution in [3.05, 3.63) is 64.1 Å². The van der Waals surface area contributed by atoms with Crippen molar-refractivity contribution in [2.75, 3.05) is 0 Å². The summed E-state index contributed by atoms with van der Waals surface area (Å²) >= 11 is 3.33. The summed E-state index contributed by atoms with van der Waals surface area (Å²) in [6.07, 6.45) is 0.178. The van der Waals surface area contributed by atoms with E-state index in [1.165, 1.54) is 12.1 Å². The quantitative estimate of drug-likeness (QED) is 0.731. The summed E-state index contributed by atoms with van der Waals surface area (Å²) in [5.41, 5.74) is 1.65. The van der Waals surface area contributed by atoms with Crippen molar-refractivity contribution in [2.24, 2.45) is 0 Å². The smallest absolute Gasteiger partial charge is 0.322 e. The molecule has 0 aliphatic carbocycles. The van der Waals surface area contributed by atoms with Gasteiger partial charge in [-0.25, -0.2) is 8.42 Å². The lowest BCUT2D eigenvalue weighted by Crippen LogP contribution is -2.44. The van der Waals surface area contributed by atoms with Gasteiger partial charge in [0.2, 0.25) is 10.0 Å². The van der Waals surface area contributed by atoms with E-state index in [9.17, 15) is 18.3 Å². The largest absolute Gasteiger partial charge is 0.480 e. The lowest BCUT2D eigenvalue weighted by molar-refractivity contribution is -0.141. The molecule has 2 aromatic carbocycles. The van der Waals surface area contributed by atoms with Gasteiger partial charge in [-0.2, -0.15) is 4.31 Å². The lowest BCUT2D eigenvalue weighted by Gasteiger charge is -2.27. The van der Waals surface area contributed by atoms with Crippen molar-refractivity contribution in [2.45, 2.75) is 37.8 Å². The van der Waals surface area contributed by atoms with E-state index in [-0.39, 0.29) is 17.9 Å². The number of aryl methyl sites for hydroxylation is 1. The molecule has 0 heterocycles. The van der Waals surface area contributed by atoms with E-state index in [0.717, 1.165) is 19.9 Å². The van der Waals surface area contributed by atoms with Crippen LogP contribution in [0.15, 0.2) is 57.9 Å². The molecule has 7 heteroatoms. The lowest BCUT2D eigenvalue weighted by atomic mass is 10.2. The number of aliphatic carboxylic acids is 1. The van der Waals surface area contributed by atoms with Crippen LogP contribution in [0.1, 0.15) is 24.5 Å². The summed E-state index contributed by atoms with van der Waals surface area (Å²) in [6.45, 7) is 3.52. The van der Waals surface area contributed by atoms with E-state index in [0.29, 0.717) is 0 Å². The molecule has 0 fully saturated rings. The van der Waals surface area contributed by atoms with E-state index in [1.54, 1.807) is 43.3 Å². The second-order valence-electron chi connectivity index (χ2n) is 5.75. The van der Waals surface area contributed by atoms with Crippen LogP contribution in [0, 0.1) is 6.92 Å². The van der Waals surface area contributed by atoms with Crippen LogP contribution in [0.5, 0.6) is 0 Å². The molecule has 1 N–H and O–H groups in total. The molecule has 1 atom stereocenters. The fraction of sp³-hybridized carbons (Fsp3) is 0.278. The Balaban J connectivity index is 2.47. The number of halogens is 1. The van der Waals surface area contributed by atoms with Crippen LogP contribution in [-0.4, -0.2) is 29.8 Å². The van der Waals surface area contributed by atoms with Gasteiger partial charge in [0.25, 0.3) is 0 Å². The Hall–Kier alpha value is -1.70. The second-order valence-corrected chi connectivity index (χ2v) is 8.56. The molecule has 2 aromatic rings. The third-order valence-electron chi connectivity index (χ3n) is 3.90. The maximum Gasteiger partial charge on any atom is 0.322 e. The molecule has 1 unspecified atom stereocenters. The van der Waals surface area contributed by atoms with Crippen molar-refractivity contribution in [3.8, 4) is 0 Å². The summed E-state index contributed by atoms with van der Waals surface area (Å²) in [5.74, 6) is -1.16. The maximum atomic E-state index is 13.1. The van der Waals surface area contributed by atoms with Crippen LogP contribution < -0.4 is 0 Å². The van der Waals surface area contributed by atoms with Crippen molar-refractivity contribution in [1.29, 1.82) is 0 Å². The highest BCUT2D eigenvalue weighted by atomic mass is 79.9. The third-order valence-corrected chi connectivity index (χ3v) is 6.30. The van der Waals surface area contributed by atoms with Gasteiger partial charge >= 0.3 is 5.97 Å². The van der Waals surface area contributed by atoms with E-state index in [2.05, 4.69) is 15.9 Å². The monoisotopic (exact) mass is 425 g/mol. The highest BCUT2D eigenvalue weighted by Crippen LogP contribution is 2.24. The van der Waals surface area contributed by atoms with Crippen molar-refractivity contribution in [3.63, 3.8) is 0 Å². The zero-order valence-electron chi connectivity index (χ0n) is 14.0. The van der Waals surface area contributed by atoms with Crippen LogP contribution in [0.2, 0.25) is 0 Å². The molecule has 0 saturated heterocycles. The van der Waals surface area contributed by atoms with Gasteiger partial charge in [-0.05, 0) is 43.2 Å². The molecule has 134 valence electrons. The van der Waals surface area contributed by atoms with Crippen molar-refractivity contribution >= 4 is 31.9 Å². The highest BCUT2D eigenvalue weighted by molar-refractivity contribution is 9.10. The summed E-state index contributed by atoms with van der Waals surface area (Å²) < 4.78 is 28.1. The topological polar surface area (TPSA) is 74.7 Å². The Labute approximate surface area is 156 Å². The molecule has 0 aliphatic heterocycles. The number of hydrogen-bond acceptors (Lipinski definition) is 3. The summed E-state index contributed by atoms with van der Waals surface area (Å²) in [7, 11) is -3.94. The van der Waals surface area contributed by atoms with Crippen LogP contribution in [0.25, 0.3) is 0 Å². The first kappa shape index (κ1) is 19.6. The number of carbonyl (C=O) groups is 1. The molecule has 0 spiro atoms. The molecule has 0 amide bonds. The first-order chi connectivity index (χ1) is 11.8. The molecule has 0 aliphatic rings. The molecule has 0 saturated carbocycles. The number of rotatable bonds is 7. The van der Waals surface area contributed by atoms with E-state index in [4.69, 9.17) is 0 Å². The number of carboxylic acid groups (broad SMARTS) is 1. The van der Waals surface area contributed by atoms with Crippen LogP contribution in [0.4, 0.5) is 0 Å². The minimum Gasteiger partial charge on any atom is -0.480 e. The molecular formula is C18H20BrNO4S. The first-order valence-electron chi connectivity index (χ1n) is 7.81. The standard InChI is InChI=1S/C18H20BrNO4S/c1-3-17(18(21)22)20(12-14-6-8-15(19)9-7-14)25(23,24)16-10-4-13(2)5-11-16/h4-11,17H,3,12H2,1-2H3,(H,21,22). The number of sulfonamides is 1. The highest BCUT2D eigenvalue weighted by Gasteiger charge is 2.34. The van der Waals surface area contributed by atoms with Gasteiger partial charge < -0.3 is 5.11 Å². The Morgan fingerprint density at radius 3 is 2.16 bits per heavy atom. The Morgan fingerprint density at radius 2 is 1.68 bits per heavy atom. The van der Waals surface area contributed by atoms with Gasteiger partial charge in [0.1, 0.15) is 6.04 Å². The van der Waals surface area contributed by atoms with Crippen LogP contribution in [0.3, 0.4) is 0 Å². The minimum atomic E-state index is -3.94. The number of benzene rings is 2.